The predicted octanol–water partition coefficient (Wildman–Crippen LogP) is 2.00. The highest BCUT2D eigenvalue weighted by Crippen LogP contribution is 2.23. The molecule has 2 heterocycles. The Hall–Kier alpha value is -2.22. The summed E-state index contributed by atoms with van der Waals surface area (Å²) >= 11 is 1.38. The Bertz CT molecular complexity index is 829. The normalized spacial score (nSPS) is 21.4. The van der Waals surface area contributed by atoms with Gasteiger partial charge in [0.2, 0.25) is 5.91 Å². The van der Waals surface area contributed by atoms with Crippen molar-refractivity contribution in [2.75, 3.05) is 0 Å². The van der Waals surface area contributed by atoms with Crippen LogP contribution < -0.4 is 10.9 Å². The first-order chi connectivity index (χ1) is 12.1. The molecule has 1 aliphatic rings. The summed E-state index contributed by atoms with van der Waals surface area (Å²) in [4.78, 5) is 41.1. The minimum atomic E-state index is -0.870. The van der Waals surface area contributed by atoms with Crippen LogP contribution in [0.15, 0.2) is 22.6 Å². The molecule has 0 bridgehead atoms. The molecule has 2 aromatic heterocycles. The van der Waals surface area contributed by atoms with E-state index >= 15 is 0 Å². The molecule has 0 aliphatic heterocycles. The maximum Gasteiger partial charge on any atom is 0.308 e. The molecule has 1 amide bonds. The van der Waals surface area contributed by atoms with E-state index in [0.717, 1.165) is 25.7 Å². The highest BCUT2D eigenvalue weighted by atomic mass is 32.1. The minimum absolute atomic E-state index is 0.152. The van der Waals surface area contributed by atoms with Gasteiger partial charge in [-0.05, 0) is 24.3 Å². The number of carbonyl (C=O) groups excluding carboxylic acids is 1. The summed E-state index contributed by atoms with van der Waals surface area (Å²) in [6.45, 7) is -0.152. The molecule has 7 nitrogen and oxygen atoms in total. The third-order valence-corrected chi connectivity index (χ3v) is 5.51. The molecule has 1 saturated carbocycles. The van der Waals surface area contributed by atoms with Gasteiger partial charge in [-0.2, -0.15) is 0 Å². The first-order valence-electron chi connectivity index (χ1n) is 8.51. The van der Waals surface area contributed by atoms with Crippen molar-refractivity contribution in [2.45, 2.75) is 51.1 Å². The van der Waals surface area contributed by atoms with Gasteiger partial charge in [-0.3, -0.25) is 19.0 Å². The molecular formula is C17H21N3O4S. The predicted molar refractivity (Wildman–Crippen MR) is 94.6 cm³/mol. The summed E-state index contributed by atoms with van der Waals surface area (Å²) in [6, 6.07) is 1.30. The zero-order valence-corrected chi connectivity index (χ0v) is 14.6. The van der Waals surface area contributed by atoms with Crippen LogP contribution in [0.1, 0.15) is 38.5 Å². The number of rotatable bonds is 4. The van der Waals surface area contributed by atoms with E-state index in [-0.39, 0.29) is 24.1 Å². The van der Waals surface area contributed by atoms with Crippen LogP contribution in [-0.4, -0.2) is 32.6 Å². The Morgan fingerprint density at radius 2 is 2.04 bits per heavy atom. The maximum atomic E-state index is 12.4. The molecule has 1 fully saturated rings. The third kappa shape index (κ3) is 4.07. The lowest BCUT2D eigenvalue weighted by Gasteiger charge is -2.27. The Kier molecular flexibility index (Phi) is 5.47. The quantitative estimate of drug-likeness (QED) is 0.865. The van der Waals surface area contributed by atoms with Crippen molar-refractivity contribution in [3.63, 3.8) is 0 Å². The smallest absolute Gasteiger partial charge is 0.308 e. The molecule has 2 unspecified atom stereocenters. The van der Waals surface area contributed by atoms with Crippen LogP contribution in [0, 0.1) is 5.92 Å². The Balaban J connectivity index is 1.72. The summed E-state index contributed by atoms with van der Waals surface area (Å²) in [6.07, 6.45) is 6.44. The number of carboxylic acids is 1. The average molecular weight is 363 g/mol. The molecule has 2 atom stereocenters. The van der Waals surface area contributed by atoms with Gasteiger partial charge in [-0.25, -0.2) is 4.98 Å². The topological polar surface area (TPSA) is 101 Å². The van der Waals surface area contributed by atoms with E-state index in [0.29, 0.717) is 23.1 Å². The number of amides is 1. The molecule has 0 spiro atoms. The molecule has 25 heavy (non-hydrogen) atoms. The van der Waals surface area contributed by atoms with E-state index in [4.69, 9.17) is 0 Å². The van der Waals surface area contributed by atoms with E-state index < -0.39 is 11.9 Å². The second-order valence-corrected chi connectivity index (χ2v) is 7.32. The van der Waals surface area contributed by atoms with Crippen molar-refractivity contribution in [3.8, 4) is 0 Å². The van der Waals surface area contributed by atoms with Gasteiger partial charge < -0.3 is 10.4 Å². The van der Waals surface area contributed by atoms with Crippen molar-refractivity contribution in [1.29, 1.82) is 0 Å². The molecule has 0 radical (unpaired) electrons. The molecule has 0 aromatic carbocycles. The van der Waals surface area contributed by atoms with E-state index in [1.54, 1.807) is 11.4 Å². The third-order valence-electron chi connectivity index (χ3n) is 4.69. The lowest BCUT2D eigenvalue weighted by Crippen LogP contribution is -2.45. The number of nitrogens with zero attached hydrogens (tertiary/aromatic N) is 2. The van der Waals surface area contributed by atoms with Gasteiger partial charge in [0, 0.05) is 6.04 Å². The molecule has 1 aliphatic carbocycles. The number of thiophene rings is 1. The fourth-order valence-corrected chi connectivity index (χ4v) is 4.09. The Morgan fingerprint density at radius 3 is 2.80 bits per heavy atom. The number of hydrogen-bond acceptors (Lipinski definition) is 5. The van der Waals surface area contributed by atoms with Crippen molar-refractivity contribution in [2.24, 2.45) is 5.92 Å². The monoisotopic (exact) mass is 363 g/mol. The van der Waals surface area contributed by atoms with E-state index in [1.165, 1.54) is 22.2 Å². The van der Waals surface area contributed by atoms with Crippen LogP contribution in [0.3, 0.4) is 0 Å². The van der Waals surface area contributed by atoms with Gasteiger partial charge in [-0.1, -0.05) is 25.7 Å². The van der Waals surface area contributed by atoms with Crippen LogP contribution in [0.4, 0.5) is 0 Å². The Labute approximate surface area is 148 Å². The molecule has 3 rings (SSSR count). The summed E-state index contributed by atoms with van der Waals surface area (Å²) < 4.78 is 1.27. The van der Waals surface area contributed by atoms with Crippen molar-refractivity contribution in [1.82, 2.24) is 14.9 Å². The standard InChI is InChI=1S/C17H21N3O4S/c21-14(9-20-10-18-15-12(16(20)22)7-8-25-15)19-13-6-4-2-1-3-5-11(13)17(23)24/h7-8,10-11,13H,1-6,9H2,(H,19,21)(H,23,24). The lowest BCUT2D eigenvalue weighted by molar-refractivity contribution is -0.143. The van der Waals surface area contributed by atoms with Crippen LogP contribution in [-0.2, 0) is 16.1 Å². The summed E-state index contributed by atoms with van der Waals surface area (Å²) in [5.41, 5.74) is -0.256. The van der Waals surface area contributed by atoms with Gasteiger partial charge in [0.1, 0.15) is 11.4 Å². The molecule has 8 heteroatoms. The summed E-state index contributed by atoms with van der Waals surface area (Å²) in [7, 11) is 0. The first kappa shape index (κ1) is 17.6. The lowest BCUT2D eigenvalue weighted by atomic mass is 9.87. The van der Waals surface area contributed by atoms with Gasteiger partial charge in [0.05, 0.1) is 17.6 Å². The SMILES string of the molecule is O=C(Cn1cnc2sccc2c1=O)NC1CCCCCCC1C(=O)O. The van der Waals surface area contributed by atoms with Gasteiger partial charge in [-0.15, -0.1) is 11.3 Å². The van der Waals surface area contributed by atoms with Crippen LogP contribution in [0.25, 0.3) is 10.2 Å². The first-order valence-corrected chi connectivity index (χ1v) is 9.39. The number of carbonyl (C=O) groups is 2. The van der Waals surface area contributed by atoms with E-state index in [1.807, 2.05) is 0 Å². The molecule has 2 aromatic rings. The zero-order valence-electron chi connectivity index (χ0n) is 13.8. The molecule has 2 N–H and O–H groups in total. The largest absolute Gasteiger partial charge is 0.481 e. The van der Waals surface area contributed by atoms with Crippen LogP contribution in [0.5, 0.6) is 0 Å². The van der Waals surface area contributed by atoms with Crippen molar-refractivity contribution >= 4 is 33.4 Å². The second kappa shape index (κ2) is 7.77. The second-order valence-electron chi connectivity index (χ2n) is 6.43. The zero-order chi connectivity index (χ0) is 17.8. The number of aromatic nitrogens is 2. The number of hydrogen-bond donors (Lipinski definition) is 2. The van der Waals surface area contributed by atoms with Gasteiger partial charge >= 0.3 is 5.97 Å². The van der Waals surface area contributed by atoms with Gasteiger partial charge in [0.15, 0.2) is 0 Å². The Morgan fingerprint density at radius 1 is 1.28 bits per heavy atom. The highest BCUT2D eigenvalue weighted by molar-refractivity contribution is 7.16. The fraction of sp³-hybridized carbons (Fsp3) is 0.529. The maximum absolute atomic E-state index is 12.4. The van der Waals surface area contributed by atoms with Crippen LogP contribution >= 0.6 is 11.3 Å². The van der Waals surface area contributed by atoms with E-state index in [2.05, 4.69) is 10.3 Å². The number of nitrogens with one attached hydrogen (secondary N) is 1. The van der Waals surface area contributed by atoms with Crippen LogP contribution in [0.2, 0.25) is 0 Å². The van der Waals surface area contributed by atoms with Crippen molar-refractivity contribution < 1.29 is 14.7 Å². The summed E-state index contributed by atoms with van der Waals surface area (Å²) in [5.74, 6) is -1.79. The van der Waals surface area contributed by atoms with Gasteiger partial charge in [0.25, 0.3) is 5.56 Å². The molecular weight excluding hydrogens is 342 g/mol. The summed E-state index contributed by atoms with van der Waals surface area (Å²) in [5, 5.41) is 14.6. The van der Waals surface area contributed by atoms with Crippen molar-refractivity contribution in [3.05, 3.63) is 28.1 Å². The number of fused-ring (bicyclic) bond motifs is 1. The molecule has 0 saturated heterocycles. The van der Waals surface area contributed by atoms with E-state index in [9.17, 15) is 19.5 Å². The molecule has 134 valence electrons. The minimum Gasteiger partial charge on any atom is -0.481 e. The average Bonchev–Trinajstić information content (AvgIpc) is 3.02. The number of carboxylic acid groups (broad SMARTS) is 1. The number of aliphatic carboxylic acids is 1. The fourth-order valence-electron chi connectivity index (χ4n) is 3.37. The highest BCUT2D eigenvalue weighted by Gasteiger charge is 2.29.